The average molecular weight is 386 g/mol. The van der Waals surface area contributed by atoms with Gasteiger partial charge in [0.2, 0.25) is 0 Å². The molecule has 0 saturated heterocycles. The first-order valence-corrected chi connectivity index (χ1v) is 11.0. The van der Waals surface area contributed by atoms with Crippen LogP contribution in [-0.4, -0.2) is 15.6 Å². The van der Waals surface area contributed by atoms with Gasteiger partial charge in [-0.1, -0.05) is 95.0 Å². The lowest BCUT2D eigenvalue weighted by molar-refractivity contribution is -0.695. The molecule has 2 aromatic rings. The standard InChI is InChI=1S/C24H36N2O2/c1-2-3-4-5-6-7-8-9-10-14-17-23-25(18-19-26(23)21-24(27)28)20-22-15-12-11-13-16-22/h11-13,15-16,18-19H,2-10,14,17,20-21H2,1H3/p+1. The molecule has 0 amide bonds. The van der Waals surface area contributed by atoms with E-state index in [2.05, 4.69) is 23.6 Å². The summed E-state index contributed by atoms with van der Waals surface area (Å²) in [6, 6.07) is 10.4. The molecule has 4 heteroatoms. The molecule has 0 bridgehead atoms. The Morgan fingerprint density at radius 1 is 0.929 bits per heavy atom. The van der Waals surface area contributed by atoms with Gasteiger partial charge in [0.05, 0.1) is 0 Å². The second-order valence-electron chi connectivity index (χ2n) is 7.78. The highest BCUT2D eigenvalue weighted by molar-refractivity contribution is 5.66. The lowest BCUT2D eigenvalue weighted by atomic mass is 10.1. The largest absolute Gasteiger partial charge is 0.478 e. The third-order valence-electron chi connectivity index (χ3n) is 5.34. The highest BCUT2D eigenvalue weighted by atomic mass is 16.4. The van der Waals surface area contributed by atoms with E-state index in [1.54, 1.807) is 0 Å². The van der Waals surface area contributed by atoms with Crippen molar-refractivity contribution < 1.29 is 14.5 Å². The summed E-state index contributed by atoms with van der Waals surface area (Å²) in [5, 5.41) is 9.21. The summed E-state index contributed by atoms with van der Waals surface area (Å²) in [6.07, 6.45) is 18.0. The molecule has 0 spiro atoms. The van der Waals surface area contributed by atoms with E-state index in [9.17, 15) is 9.90 Å². The Bertz CT molecular complexity index is 679. The van der Waals surface area contributed by atoms with Crippen LogP contribution in [0.5, 0.6) is 0 Å². The summed E-state index contributed by atoms with van der Waals surface area (Å²) < 4.78 is 4.09. The van der Waals surface area contributed by atoms with Crippen LogP contribution in [0.15, 0.2) is 42.7 Å². The fourth-order valence-corrected chi connectivity index (χ4v) is 3.77. The fourth-order valence-electron chi connectivity index (χ4n) is 3.77. The number of hydrogen-bond donors (Lipinski definition) is 1. The van der Waals surface area contributed by atoms with Gasteiger partial charge in [-0.05, 0) is 12.0 Å². The number of nitrogens with zero attached hydrogens (tertiary/aromatic N) is 2. The average Bonchev–Trinajstić information content (AvgIpc) is 3.04. The molecule has 0 unspecified atom stereocenters. The molecule has 0 fully saturated rings. The van der Waals surface area contributed by atoms with Crippen LogP contribution in [0.2, 0.25) is 0 Å². The maximum Gasteiger partial charge on any atom is 0.346 e. The van der Waals surface area contributed by atoms with E-state index in [4.69, 9.17) is 0 Å². The minimum absolute atomic E-state index is 0.0366. The van der Waals surface area contributed by atoms with Crippen molar-refractivity contribution in [1.82, 2.24) is 4.57 Å². The molecule has 1 N–H and O–H groups in total. The van der Waals surface area contributed by atoms with Gasteiger partial charge >= 0.3 is 5.97 Å². The number of rotatable bonds is 15. The van der Waals surface area contributed by atoms with Crippen molar-refractivity contribution >= 4 is 5.97 Å². The number of carbonyl (C=O) groups is 1. The van der Waals surface area contributed by atoms with Crippen molar-refractivity contribution in [3.05, 3.63) is 54.1 Å². The van der Waals surface area contributed by atoms with E-state index < -0.39 is 5.97 Å². The van der Waals surface area contributed by atoms with Crippen molar-refractivity contribution in [2.75, 3.05) is 0 Å². The minimum Gasteiger partial charge on any atom is -0.478 e. The van der Waals surface area contributed by atoms with Crippen LogP contribution in [0.3, 0.4) is 0 Å². The van der Waals surface area contributed by atoms with Crippen LogP contribution < -0.4 is 4.57 Å². The number of carboxylic acids is 1. The summed E-state index contributed by atoms with van der Waals surface area (Å²) in [5.74, 6) is 0.331. The van der Waals surface area contributed by atoms with Gasteiger partial charge in [-0.2, -0.15) is 0 Å². The molecule has 1 aromatic carbocycles. The normalized spacial score (nSPS) is 11.0. The molecule has 4 nitrogen and oxygen atoms in total. The molecule has 1 aromatic heterocycles. The second kappa shape index (κ2) is 13.1. The van der Waals surface area contributed by atoms with Crippen LogP contribution in [0.4, 0.5) is 0 Å². The van der Waals surface area contributed by atoms with Crippen LogP contribution in [-0.2, 0) is 24.3 Å². The third kappa shape index (κ3) is 8.28. The highest BCUT2D eigenvalue weighted by Gasteiger charge is 2.19. The Labute approximate surface area is 170 Å². The Balaban J connectivity index is 1.78. The van der Waals surface area contributed by atoms with Gasteiger partial charge in [-0.15, -0.1) is 0 Å². The molecular weight excluding hydrogens is 348 g/mol. The van der Waals surface area contributed by atoms with Crippen LogP contribution >= 0.6 is 0 Å². The third-order valence-corrected chi connectivity index (χ3v) is 5.34. The van der Waals surface area contributed by atoms with Crippen LogP contribution in [0, 0.1) is 0 Å². The molecule has 0 radical (unpaired) electrons. The second-order valence-corrected chi connectivity index (χ2v) is 7.78. The summed E-state index contributed by atoms with van der Waals surface area (Å²) in [7, 11) is 0. The monoisotopic (exact) mass is 385 g/mol. The molecular formula is C24H37N2O2+. The first-order valence-electron chi connectivity index (χ1n) is 11.0. The lowest BCUT2D eigenvalue weighted by Crippen LogP contribution is -2.38. The van der Waals surface area contributed by atoms with Gasteiger partial charge < -0.3 is 5.11 Å². The van der Waals surface area contributed by atoms with Crippen molar-refractivity contribution in [3.8, 4) is 0 Å². The summed E-state index contributed by atoms with van der Waals surface area (Å²) in [6.45, 7) is 3.09. The van der Waals surface area contributed by atoms with E-state index >= 15 is 0 Å². The van der Waals surface area contributed by atoms with Gasteiger partial charge in [-0.25, -0.2) is 13.9 Å². The SMILES string of the molecule is CCCCCCCCCCCCc1n(CC(=O)O)cc[n+]1Cc1ccccc1. The molecule has 0 aliphatic heterocycles. The fraction of sp³-hybridized carbons (Fsp3) is 0.583. The maximum absolute atomic E-state index is 11.2. The molecule has 0 aliphatic rings. The molecule has 154 valence electrons. The van der Waals surface area contributed by atoms with Gasteiger partial charge in [0.15, 0.2) is 6.54 Å². The quantitative estimate of drug-likeness (QED) is 0.331. The summed E-state index contributed by atoms with van der Waals surface area (Å²) in [5.41, 5.74) is 1.24. The van der Waals surface area contributed by atoms with Gasteiger partial charge in [0.1, 0.15) is 18.9 Å². The number of carboxylic acid groups (broad SMARTS) is 1. The van der Waals surface area contributed by atoms with E-state index in [1.165, 1.54) is 63.4 Å². The number of imidazole rings is 1. The zero-order chi connectivity index (χ0) is 20.0. The smallest absolute Gasteiger partial charge is 0.346 e. The number of unbranched alkanes of at least 4 members (excludes halogenated alkanes) is 9. The van der Waals surface area contributed by atoms with Crippen molar-refractivity contribution in [1.29, 1.82) is 0 Å². The number of hydrogen-bond acceptors (Lipinski definition) is 1. The highest BCUT2D eigenvalue weighted by Crippen LogP contribution is 2.12. The Morgan fingerprint density at radius 2 is 1.54 bits per heavy atom. The molecule has 1 heterocycles. The molecule has 0 saturated carbocycles. The minimum atomic E-state index is -0.785. The lowest BCUT2D eigenvalue weighted by Gasteiger charge is -2.05. The van der Waals surface area contributed by atoms with Crippen LogP contribution in [0.1, 0.15) is 82.5 Å². The zero-order valence-electron chi connectivity index (χ0n) is 17.5. The van der Waals surface area contributed by atoms with Crippen molar-refractivity contribution in [2.24, 2.45) is 0 Å². The predicted molar refractivity (Wildman–Crippen MR) is 113 cm³/mol. The molecule has 0 atom stereocenters. The van der Waals surface area contributed by atoms with Gasteiger partial charge in [-0.3, -0.25) is 0 Å². The molecule has 0 aliphatic carbocycles. The van der Waals surface area contributed by atoms with Gasteiger partial charge in [0, 0.05) is 6.42 Å². The van der Waals surface area contributed by atoms with Crippen LogP contribution in [0.25, 0.3) is 0 Å². The van der Waals surface area contributed by atoms with Crippen molar-refractivity contribution in [3.63, 3.8) is 0 Å². The number of benzene rings is 1. The van der Waals surface area contributed by atoms with E-state index in [-0.39, 0.29) is 6.54 Å². The number of aliphatic carboxylic acids is 1. The van der Waals surface area contributed by atoms with Crippen molar-refractivity contribution in [2.45, 2.75) is 90.6 Å². The van der Waals surface area contributed by atoms with E-state index in [1.807, 2.05) is 35.2 Å². The van der Waals surface area contributed by atoms with E-state index in [0.717, 1.165) is 25.2 Å². The summed E-state index contributed by atoms with van der Waals surface area (Å²) >= 11 is 0. The van der Waals surface area contributed by atoms with E-state index in [0.29, 0.717) is 0 Å². The Morgan fingerprint density at radius 3 is 2.14 bits per heavy atom. The maximum atomic E-state index is 11.2. The van der Waals surface area contributed by atoms with Gasteiger partial charge in [0.25, 0.3) is 5.82 Å². The Hall–Kier alpha value is -2.10. The summed E-state index contributed by atoms with van der Waals surface area (Å²) in [4.78, 5) is 11.2. The first-order chi connectivity index (χ1) is 13.7. The zero-order valence-corrected chi connectivity index (χ0v) is 17.5. The topological polar surface area (TPSA) is 46.1 Å². The molecule has 28 heavy (non-hydrogen) atoms. The number of aromatic nitrogens is 2. The Kier molecular flexibility index (Phi) is 10.4. The first kappa shape index (κ1) is 22.2. The molecule has 2 rings (SSSR count). The predicted octanol–water partition coefficient (Wildman–Crippen LogP) is 5.37.